The van der Waals surface area contributed by atoms with Crippen molar-refractivity contribution < 1.29 is 4.79 Å². The van der Waals surface area contributed by atoms with Gasteiger partial charge in [-0.05, 0) is 26.2 Å². The molecule has 0 bridgehead atoms. The summed E-state index contributed by atoms with van der Waals surface area (Å²) in [5, 5.41) is 4.05. The molecule has 5 nitrogen and oxygen atoms in total. The van der Waals surface area contributed by atoms with Crippen LogP contribution in [0.25, 0.3) is 0 Å². The zero-order chi connectivity index (χ0) is 14.0. The van der Waals surface area contributed by atoms with Crippen LogP contribution in [0.1, 0.15) is 49.2 Å². The Morgan fingerprint density at radius 2 is 2.32 bits per heavy atom. The molecule has 1 atom stereocenters. The second kappa shape index (κ2) is 5.77. The van der Waals surface area contributed by atoms with Crippen LogP contribution in [0.2, 0.25) is 0 Å². The molecule has 1 unspecified atom stereocenters. The summed E-state index contributed by atoms with van der Waals surface area (Å²) >= 11 is 1.36. The third-order valence-electron chi connectivity index (χ3n) is 3.44. The number of hydrogen-bond acceptors (Lipinski definition) is 5. The van der Waals surface area contributed by atoms with Gasteiger partial charge in [-0.25, -0.2) is 4.98 Å². The molecule has 3 N–H and O–H groups in total. The Morgan fingerprint density at radius 1 is 1.63 bits per heavy atom. The Bertz CT molecular complexity index is 455. The van der Waals surface area contributed by atoms with Gasteiger partial charge >= 0.3 is 0 Å². The Morgan fingerprint density at radius 3 is 2.89 bits per heavy atom. The van der Waals surface area contributed by atoms with E-state index in [9.17, 15) is 4.79 Å². The van der Waals surface area contributed by atoms with Crippen molar-refractivity contribution in [2.75, 3.05) is 18.1 Å². The number of amides is 1. The van der Waals surface area contributed by atoms with Gasteiger partial charge < -0.3 is 16.0 Å². The number of rotatable bonds is 6. The van der Waals surface area contributed by atoms with Crippen molar-refractivity contribution >= 4 is 28.2 Å². The van der Waals surface area contributed by atoms with Crippen LogP contribution < -0.4 is 11.1 Å². The maximum absolute atomic E-state index is 12.4. The lowest BCUT2D eigenvalue weighted by Crippen LogP contribution is -2.34. The number of nitrogens with one attached hydrogen (secondary N) is 1. The first kappa shape index (κ1) is 14.1. The number of nitrogen functional groups attached to an aromatic ring is 1. The van der Waals surface area contributed by atoms with Crippen molar-refractivity contribution in [3.05, 3.63) is 4.88 Å². The normalized spacial score (nSPS) is 16.2. The van der Waals surface area contributed by atoms with E-state index in [0.717, 1.165) is 18.0 Å². The summed E-state index contributed by atoms with van der Waals surface area (Å²) in [7, 11) is 1.83. The number of nitrogens with two attached hydrogens (primary N) is 1. The molecular weight excluding hydrogens is 260 g/mol. The van der Waals surface area contributed by atoms with Crippen LogP contribution >= 0.6 is 11.3 Å². The first-order chi connectivity index (χ1) is 9.02. The lowest BCUT2D eigenvalue weighted by atomic mass is 10.1. The summed E-state index contributed by atoms with van der Waals surface area (Å²) in [5.74, 6) is 0.313. The molecule has 1 aliphatic carbocycles. The highest BCUT2D eigenvalue weighted by atomic mass is 32.1. The van der Waals surface area contributed by atoms with Crippen LogP contribution in [0.15, 0.2) is 0 Å². The molecule has 1 amide bonds. The van der Waals surface area contributed by atoms with E-state index in [1.54, 1.807) is 4.90 Å². The minimum absolute atomic E-state index is 0.0280. The monoisotopic (exact) mass is 282 g/mol. The largest absolute Gasteiger partial charge is 0.382 e. The molecule has 106 valence electrons. The van der Waals surface area contributed by atoms with Crippen molar-refractivity contribution in [1.82, 2.24) is 9.88 Å². The van der Waals surface area contributed by atoms with E-state index >= 15 is 0 Å². The van der Waals surface area contributed by atoms with Gasteiger partial charge in [-0.15, -0.1) is 0 Å². The number of hydrogen-bond donors (Lipinski definition) is 2. The van der Waals surface area contributed by atoms with Gasteiger partial charge in [0.1, 0.15) is 10.7 Å². The number of thiazole rings is 1. The molecule has 1 saturated carbocycles. The van der Waals surface area contributed by atoms with Gasteiger partial charge in [0.25, 0.3) is 5.91 Å². The number of carbonyl (C=O) groups excluding carboxylic acids is 1. The lowest BCUT2D eigenvalue weighted by molar-refractivity contribution is 0.0742. The summed E-state index contributed by atoms with van der Waals surface area (Å²) < 4.78 is 0. The van der Waals surface area contributed by atoms with Crippen molar-refractivity contribution in [2.24, 2.45) is 0 Å². The number of carbonyl (C=O) groups is 1. The third-order valence-corrected chi connectivity index (χ3v) is 4.43. The van der Waals surface area contributed by atoms with Gasteiger partial charge in [0.05, 0.1) is 0 Å². The minimum atomic E-state index is -0.0280. The maximum atomic E-state index is 12.4. The molecule has 0 aliphatic heterocycles. The van der Waals surface area contributed by atoms with Crippen molar-refractivity contribution in [3.63, 3.8) is 0 Å². The van der Waals surface area contributed by atoms with Crippen LogP contribution in [0.4, 0.5) is 10.9 Å². The van der Waals surface area contributed by atoms with Gasteiger partial charge in [-0.1, -0.05) is 24.7 Å². The van der Waals surface area contributed by atoms with E-state index in [2.05, 4.69) is 24.1 Å². The fourth-order valence-corrected chi connectivity index (χ4v) is 2.87. The predicted molar refractivity (Wildman–Crippen MR) is 79.6 cm³/mol. The SMILES string of the molecule is CCCC(C)N(C)C(=O)c1sc(NC2CC2)nc1N. The topological polar surface area (TPSA) is 71.2 Å². The Kier molecular flexibility index (Phi) is 4.29. The summed E-state index contributed by atoms with van der Waals surface area (Å²) in [6, 6.07) is 0.740. The molecule has 1 fully saturated rings. The van der Waals surface area contributed by atoms with Crippen LogP contribution in [0.3, 0.4) is 0 Å². The van der Waals surface area contributed by atoms with Gasteiger partial charge in [0, 0.05) is 19.1 Å². The van der Waals surface area contributed by atoms with Crippen molar-refractivity contribution in [3.8, 4) is 0 Å². The molecule has 1 heterocycles. The fraction of sp³-hybridized carbons (Fsp3) is 0.692. The quantitative estimate of drug-likeness (QED) is 0.841. The number of anilines is 2. The molecule has 0 spiro atoms. The van der Waals surface area contributed by atoms with E-state index in [-0.39, 0.29) is 11.9 Å². The van der Waals surface area contributed by atoms with Gasteiger partial charge in [-0.2, -0.15) is 0 Å². The average Bonchev–Trinajstić information content (AvgIpc) is 3.10. The summed E-state index contributed by atoms with van der Waals surface area (Å²) in [5.41, 5.74) is 5.86. The molecule has 0 aromatic carbocycles. The zero-order valence-corrected chi connectivity index (χ0v) is 12.6. The van der Waals surface area contributed by atoms with E-state index in [4.69, 9.17) is 5.73 Å². The maximum Gasteiger partial charge on any atom is 0.267 e. The smallest absolute Gasteiger partial charge is 0.267 e. The Labute approximate surface area is 118 Å². The van der Waals surface area contributed by atoms with Crippen molar-refractivity contribution in [2.45, 2.75) is 51.6 Å². The highest BCUT2D eigenvalue weighted by Crippen LogP contribution is 2.31. The Balaban J connectivity index is 2.06. The highest BCUT2D eigenvalue weighted by molar-refractivity contribution is 7.18. The van der Waals surface area contributed by atoms with E-state index in [0.29, 0.717) is 16.7 Å². The summed E-state index contributed by atoms with van der Waals surface area (Å²) in [4.78, 5) is 18.9. The van der Waals surface area contributed by atoms with Gasteiger partial charge in [0.2, 0.25) is 0 Å². The molecule has 1 aromatic rings. The molecule has 0 saturated heterocycles. The van der Waals surface area contributed by atoms with Crippen LogP contribution in [0.5, 0.6) is 0 Å². The molecule has 19 heavy (non-hydrogen) atoms. The van der Waals surface area contributed by atoms with Crippen LogP contribution in [-0.2, 0) is 0 Å². The van der Waals surface area contributed by atoms with Gasteiger partial charge in [0.15, 0.2) is 5.13 Å². The molecular formula is C13H22N4OS. The number of aromatic nitrogens is 1. The summed E-state index contributed by atoms with van der Waals surface area (Å²) in [6.07, 6.45) is 4.41. The van der Waals surface area contributed by atoms with Crippen molar-refractivity contribution in [1.29, 1.82) is 0 Å². The molecule has 2 rings (SSSR count). The first-order valence-electron chi connectivity index (χ1n) is 6.83. The van der Waals surface area contributed by atoms with Gasteiger partial charge in [-0.3, -0.25) is 4.79 Å². The van der Waals surface area contributed by atoms with Crippen LogP contribution in [-0.4, -0.2) is 34.9 Å². The first-order valence-corrected chi connectivity index (χ1v) is 7.64. The van der Waals surface area contributed by atoms with Crippen LogP contribution in [0, 0.1) is 0 Å². The van der Waals surface area contributed by atoms with E-state index in [1.807, 2.05) is 7.05 Å². The standard InChI is InChI=1S/C13H22N4OS/c1-4-5-8(2)17(3)12(18)10-11(14)16-13(19-10)15-9-6-7-9/h8-9H,4-7,14H2,1-3H3,(H,15,16). The molecule has 0 radical (unpaired) electrons. The second-order valence-electron chi connectivity index (χ2n) is 5.21. The zero-order valence-electron chi connectivity index (χ0n) is 11.8. The predicted octanol–water partition coefficient (Wildman–Crippen LogP) is 2.56. The minimum Gasteiger partial charge on any atom is -0.382 e. The highest BCUT2D eigenvalue weighted by Gasteiger charge is 2.26. The summed E-state index contributed by atoms with van der Waals surface area (Å²) in [6.45, 7) is 4.18. The Hall–Kier alpha value is -1.30. The molecule has 1 aliphatic rings. The van der Waals surface area contributed by atoms with E-state index in [1.165, 1.54) is 24.2 Å². The lowest BCUT2D eigenvalue weighted by Gasteiger charge is -2.24. The average molecular weight is 282 g/mol. The molecule has 6 heteroatoms. The number of nitrogens with zero attached hydrogens (tertiary/aromatic N) is 2. The second-order valence-corrected chi connectivity index (χ2v) is 6.20. The fourth-order valence-electron chi connectivity index (χ4n) is 1.92. The third kappa shape index (κ3) is 3.37. The van der Waals surface area contributed by atoms with E-state index < -0.39 is 0 Å². The molecule has 1 aromatic heterocycles.